The third kappa shape index (κ3) is 3.81. The number of hydrogen-bond donors (Lipinski definition) is 1. The molecule has 0 aliphatic carbocycles. The molecular formula is C13H21FN2. The van der Waals surface area contributed by atoms with E-state index in [2.05, 4.69) is 18.7 Å². The minimum absolute atomic E-state index is 0.197. The number of benzene rings is 1. The molecule has 1 aromatic carbocycles. The molecule has 1 aromatic rings. The summed E-state index contributed by atoms with van der Waals surface area (Å²) >= 11 is 0. The van der Waals surface area contributed by atoms with Crippen molar-refractivity contribution in [3.05, 3.63) is 30.1 Å². The van der Waals surface area contributed by atoms with Gasteiger partial charge in [0.25, 0.3) is 0 Å². The van der Waals surface area contributed by atoms with Crippen molar-refractivity contribution in [2.75, 3.05) is 18.5 Å². The molecule has 1 rings (SSSR count). The van der Waals surface area contributed by atoms with E-state index in [1.54, 1.807) is 12.1 Å². The highest BCUT2D eigenvalue weighted by Gasteiger charge is 2.19. The van der Waals surface area contributed by atoms with E-state index in [4.69, 9.17) is 5.73 Å². The predicted molar refractivity (Wildman–Crippen MR) is 67.2 cm³/mol. The van der Waals surface area contributed by atoms with Gasteiger partial charge in [0.1, 0.15) is 5.82 Å². The van der Waals surface area contributed by atoms with Gasteiger partial charge in [-0.25, -0.2) is 4.39 Å². The van der Waals surface area contributed by atoms with Crippen LogP contribution in [0, 0.1) is 5.82 Å². The Morgan fingerprint density at radius 1 is 1.31 bits per heavy atom. The first kappa shape index (κ1) is 13.0. The van der Waals surface area contributed by atoms with E-state index in [0.29, 0.717) is 0 Å². The summed E-state index contributed by atoms with van der Waals surface area (Å²) in [7, 11) is 1.98. The molecule has 0 saturated heterocycles. The summed E-state index contributed by atoms with van der Waals surface area (Å²) in [6.07, 6.45) is 2.06. The summed E-state index contributed by atoms with van der Waals surface area (Å²) in [5, 5.41) is 0. The third-order valence-corrected chi connectivity index (χ3v) is 2.69. The van der Waals surface area contributed by atoms with Crippen molar-refractivity contribution >= 4 is 5.69 Å². The minimum Gasteiger partial charge on any atom is -0.373 e. The maximum absolute atomic E-state index is 12.8. The van der Waals surface area contributed by atoms with Crippen LogP contribution in [0.1, 0.15) is 26.7 Å². The molecule has 0 bridgehead atoms. The summed E-state index contributed by atoms with van der Waals surface area (Å²) in [6, 6.07) is 6.49. The molecule has 16 heavy (non-hydrogen) atoms. The lowest BCUT2D eigenvalue weighted by atomic mass is 9.97. The maximum atomic E-state index is 12.8. The third-order valence-electron chi connectivity index (χ3n) is 2.69. The Morgan fingerprint density at radius 2 is 1.88 bits per heavy atom. The van der Waals surface area contributed by atoms with Gasteiger partial charge in [-0.1, -0.05) is 13.3 Å². The van der Waals surface area contributed by atoms with E-state index in [1.807, 2.05) is 7.05 Å². The molecule has 90 valence electrons. The van der Waals surface area contributed by atoms with Gasteiger partial charge >= 0.3 is 0 Å². The summed E-state index contributed by atoms with van der Waals surface area (Å²) in [4.78, 5) is 2.06. The fourth-order valence-electron chi connectivity index (χ4n) is 1.98. The molecule has 0 amide bonds. The van der Waals surface area contributed by atoms with Crippen LogP contribution in [0.5, 0.6) is 0 Å². The van der Waals surface area contributed by atoms with Gasteiger partial charge in [0.05, 0.1) is 0 Å². The number of nitrogens with two attached hydrogens (primary N) is 1. The van der Waals surface area contributed by atoms with Crippen LogP contribution in [0.3, 0.4) is 0 Å². The number of likely N-dealkylation sites (N-methyl/N-ethyl adjacent to an activating group) is 1. The molecule has 0 aromatic heterocycles. The smallest absolute Gasteiger partial charge is 0.123 e. The van der Waals surface area contributed by atoms with Crippen LogP contribution in [-0.2, 0) is 0 Å². The van der Waals surface area contributed by atoms with E-state index >= 15 is 0 Å². The van der Waals surface area contributed by atoms with Crippen LogP contribution in [0.25, 0.3) is 0 Å². The van der Waals surface area contributed by atoms with Crippen molar-refractivity contribution in [2.45, 2.75) is 32.2 Å². The van der Waals surface area contributed by atoms with Crippen LogP contribution < -0.4 is 10.6 Å². The zero-order valence-electron chi connectivity index (χ0n) is 10.3. The van der Waals surface area contributed by atoms with Gasteiger partial charge in [0.15, 0.2) is 0 Å². The van der Waals surface area contributed by atoms with Crippen LogP contribution in [0.2, 0.25) is 0 Å². The lowest BCUT2D eigenvalue weighted by Gasteiger charge is -2.31. The fraction of sp³-hybridized carbons (Fsp3) is 0.538. The molecule has 0 saturated carbocycles. The topological polar surface area (TPSA) is 29.3 Å². The maximum Gasteiger partial charge on any atom is 0.123 e. The molecule has 3 heteroatoms. The summed E-state index contributed by atoms with van der Waals surface area (Å²) in [6.45, 7) is 4.95. The highest BCUT2D eigenvalue weighted by atomic mass is 19.1. The second kappa shape index (κ2) is 5.30. The average molecular weight is 224 g/mol. The molecule has 0 aliphatic rings. The van der Waals surface area contributed by atoms with E-state index < -0.39 is 0 Å². The monoisotopic (exact) mass is 224 g/mol. The van der Waals surface area contributed by atoms with Crippen molar-refractivity contribution in [3.8, 4) is 0 Å². The first-order chi connectivity index (χ1) is 7.44. The lowest BCUT2D eigenvalue weighted by Crippen LogP contribution is -2.46. The quantitative estimate of drug-likeness (QED) is 0.833. The molecule has 1 atom stereocenters. The van der Waals surface area contributed by atoms with Crippen molar-refractivity contribution in [2.24, 2.45) is 5.73 Å². The van der Waals surface area contributed by atoms with Crippen LogP contribution in [0.15, 0.2) is 24.3 Å². The Morgan fingerprint density at radius 3 is 2.38 bits per heavy atom. The van der Waals surface area contributed by atoms with Gasteiger partial charge in [-0.05, 0) is 37.6 Å². The zero-order valence-corrected chi connectivity index (χ0v) is 10.3. The second-order valence-corrected chi connectivity index (χ2v) is 4.74. The van der Waals surface area contributed by atoms with Gasteiger partial charge in [-0.15, -0.1) is 0 Å². The standard InChI is InChI=1S/C13H21FN2/c1-4-9-13(2,15)10-16(3)12-7-5-11(14)6-8-12/h5-8H,4,9-10,15H2,1-3H3. The number of anilines is 1. The predicted octanol–water partition coefficient (Wildman–Crippen LogP) is 2.78. The van der Waals surface area contributed by atoms with E-state index in [-0.39, 0.29) is 11.4 Å². The van der Waals surface area contributed by atoms with Gasteiger partial charge in [-0.2, -0.15) is 0 Å². The van der Waals surface area contributed by atoms with E-state index in [9.17, 15) is 4.39 Å². The van der Waals surface area contributed by atoms with Crippen molar-refractivity contribution < 1.29 is 4.39 Å². The van der Waals surface area contributed by atoms with Crippen molar-refractivity contribution in [3.63, 3.8) is 0 Å². The summed E-state index contributed by atoms with van der Waals surface area (Å²) < 4.78 is 12.8. The van der Waals surface area contributed by atoms with Gasteiger partial charge in [0.2, 0.25) is 0 Å². The summed E-state index contributed by atoms with van der Waals surface area (Å²) in [5.74, 6) is -0.207. The Bertz CT molecular complexity index is 319. The largest absolute Gasteiger partial charge is 0.373 e. The summed E-state index contributed by atoms with van der Waals surface area (Å²) in [5.41, 5.74) is 6.98. The number of rotatable bonds is 5. The molecule has 0 aliphatic heterocycles. The number of hydrogen-bond acceptors (Lipinski definition) is 2. The lowest BCUT2D eigenvalue weighted by molar-refractivity contribution is 0.430. The number of halogens is 1. The average Bonchev–Trinajstić information content (AvgIpc) is 2.17. The van der Waals surface area contributed by atoms with Gasteiger partial charge in [0, 0.05) is 24.8 Å². The molecule has 0 spiro atoms. The first-order valence-corrected chi connectivity index (χ1v) is 5.70. The fourth-order valence-corrected chi connectivity index (χ4v) is 1.98. The Labute approximate surface area is 97.3 Å². The molecule has 1 unspecified atom stereocenters. The molecule has 0 fully saturated rings. The molecule has 2 nitrogen and oxygen atoms in total. The van der Waals surface area contributed by atoms with Gasteiger partial charge < -0.3 is 10.6 Å². The zero-order chi connectivity index (χ0) is 12.2. The van der Waals surface area contributed by atoms with Gasteiger partial charge in [-0.3, -0.25) is 0 Å². The minimum atomic E-state index is -0.207. The number of nitrogens with zero attached hydrogens (tertiary/aromatic N) is 1. The Kier molecular flexibility index (Phi) is 4.30. The van der Waals surface area contributed by atoms with Crippen LogP contribution in [-0.4, -0.2) is 19.1 Å². The normalized spacial score (nSPS) is 14.6. The first-order valence-electron chi connectivity index (χ1n) is 5.70. The van der Waals surface area contributed by atoms with E-state index in [1.165, 1.54) is 12.1 Å². The van der Waals surface area contributed by atoms with Crippen LogP contribution in [0.4, 0.5) is 10.1 Å². The Balaban J connectivity index is 2.64. The van der Waals surface area contributed by atoms with E-state index in [0.717, 1.165) is 25.1 Å². The highest BCUT2D eigenvalue weighted by molar-refractivity contribution is 5.45. The molecule has 0 radical (unpaired) electrons. The Hall–Kier alpha value is -1.09. The molecular weight excluding hydrogens is 203 g/mol. The van der Waals surface area contributed by atoms with Crippen molar-refractivity contribution in [1.29, 1.82) is 0 Å². The van der Waals surface area contributed by atoms with Crippen LogP contribution >= 0.6 is 0 Å². The molecule has 2 N–H and O–H groups in total. The SMILES string of the molecule is CCCC(C)(N)CN(C)c1ccc(F)cc1. The second-order valence-electron chi connectivity index (χ2n) is 4.74. The molecule has 0 heterocycles. The highest BCUT2D eigenvalue weighted by Crippen LogP contribution is 2.17. The van der Waals surface area contributed by atoms with Crippen molar-refractivity contribution in [1.82, 2.24) is 0 Å².